The molecule has 0 radical (unpaired) electrons. The third kappa shape index (κ3) is 3.01. The Balaban J connectivity index is 1.88. The summed E-state index contributed by atoms with van der Waals surface area (Å²) in [5.41, 5.74) is 3.10. The summed E-state index contributed by atoms with van der Waals surface area (Å²) >= 11 is 5.01. The van der Waals surface area contributed by atoms with E-state index in [1.54, 1.807) is 11.3 Å². The van der Waals surface area contributed by atoms with Crippen molar-refractivity contribution in [3.8, 4) is 11.3 Å². The largest absolute Gasteiger partial charge is 0.469 e. The van der Waals surface area contributed by atoms with Crippen LogP contribution in [-0.4, -0.2) is 22.5 Å². The molecule has 4 nitrogen and oxygen atoms in total. The molecule has 3 rings (SSSR count). The van der Waals surface area contributed by atoms with E-state index in [9.17, 15) is 4.79 Å². The lowest BCUT2D eigenvalue weighted by Gasteiger charge is -1.99. The molecule has 0 spiro atoms. The number of halogens is 1. The summed E-state index contributed by atoms with van der Waals surface area (Å²) in [5.74, 6) is -0.192. The first-order valence-electron chi connectivity index (χ1n) is 6.45. The van der Waals surface area contributed by atoms with Crippen molar-refractivity contribution < 1.29 is 9.53 Å². The predicted molar refractivity (Wildman–Crippen MR) is 86.5 cm³/mol. The van der Waals surface area contributed by atoms with E-state index in [2.05, 4.69) is 25.7 Å². The zero-order chi connectivity index (χ0) is 14.8. The third-order valence-corrected chi connectivity index (χ3v) is 4.65. The lowest BCUT2D eigenvalue weighted by atomic mass is 10.2. The summed E-state index contributed by atoms with van der Waals surface area (Å²) in [4.78, 5) is 16.8. The normalized spacial score (nSPS) is 11.0. The number of rotatable bonds is 4. The number of aryl methyl sites for hydroxylation is 1. The van der Waals surface area contributed by atoms with E-state index in [0.29, 0.717) is 12.8 Å². The van der Waals surface area contributed by atoms with E-state index >= 15 is 0 Å². The lowest BCUT2D eigenvalue weighted by molar-refractivity contribution is -0.140. The molecule has 0 aliphatic heterocycles. The predicted octanol–water partition coefficient (Wildman–Crippen LogP) is 3.93. The van der Waals surface area contributed by atoms with E-state index in [-0.39, 0.29) is 5.97 Å². The van der Waals surface area contributed by atoms with E-state index in [4.69, 9.17) is 0 Å². The molecule has 0 amide bonds. The first kappa shape index (κ1) is 14.3. The Labute approximate surface area is 134 Å². The van der Waals surface area contributed by atoms with E-state index in [1.165, 1.54) is 7.11 Å². The molecule has 0 N–H and O–H groups in total. The molecule has 0 aliphatic rings. The van der Waals surface area contributed by atoms with Gasteiger partial charge in [0.25, 0.3) is 0 Å². The quantitative estimate of drug-likeness (QED) is 0.658. The molecule has 0 saturated heterocycles. The highest BCUT2D eigenvalue weighted by molar-refractivity contribution is 9.10. The zero-order valence-electron chi connectivity index (χ0n) is 11.4. The van der Waals surface area contributed by atoms with E-state index in [0.717, 1.165) is 26.4 Å². The fourth-order valence-electron chi connectivity index (χ4n) is 2.10. The summed E-state index contributed by atoms with van der Waals surface area (Å²) in [5, 5.41) is 2.04. The summed E-state index contributed by atoms with van der Waals surface area (Å²) in [6, 6.07) is 8.07. The molecular weight excluding hydrogens is 352 g/mol. The fourth-order valence-corrected chi connectivity index (χ4v) is 3.27. The number of hydrogen-bond donors (Lipinski definition) is 0. The van der Waals surface area contributed by atoms with Crippen molar-refractivity contribution in [2.75, 3.05) is 7.11 Å². The van der Waals surface area contributed by atoms with Crippen molar-refractivity contribution in [3.05, 3.63) is 46.0 Å². The molecule has 0 saturated carbocycles. The number of carbonyl (C=O) groups is 1. The van der Waals surface area contributed by atoms with Gasteiger partial charge in [0, 0.05) is 27.3 Å². The number of ether oxygens (including phenoxy) is 1. The summed E-state index contributed by atoms with van der Waals surface area (Å²) in [6.45, 7) is 0. The van der Waals surface area contributed by atoms with E-state index in [1.807, 2.05) is 40.2 Å². The molecule has 21 heavy (non-hydrogen) atoms. The molecule has 108 valence electrons. The van der Waals surface area contributed by atoms with Gasteiger partial charge in [0.1, 0.15) is 0 Å². The van der Waals surface area contributed by atoms with Crippen molar-refractivity contribution in [1.29, 1.82) is 0 Å². The van der Waals surface area contributed by atoms with Crippen molar-refractivity contribution in [3.63, 3.8) is 0 Å². The number of aromatic nitrogens is 2. The molecule has 2 heterocycles. The minimum absolute atomic E-state index is 0.192. The zero-order valence-corrected chi connectivity index (χ0v) is 13.8. The molecule has 0 bridgehead atoms. The number of esters is 1. The van der Waals surface area contributed by atoms with E-state index < -0.39 is 0 Å². The van der Waals surface area contributed by atoms with Gasteiger partial charge in [-0.25, -0.2) is 4.98 Å². The van der Waals surface area contributed by atoms with Gasteiger partial charge in [-0.15, -0.1) is 11.3 Å². The SMILES string of the molecule is COC(=O)CCc1csc2nc(-c3ccc(Br)cc3)cn12. The van der Waals surface area contributed by atoms with Crippen LogP contribution < -0.4 is 0 Å². The standard InChI is InChI=1S/C15H13BrN2O2S/c1-20-14(19)7-6-12-9-21-15-17-13(8-18(12)15)10-2-4-11(16)5-3-10/h2-5,8-9H,6-7H2,1H3. The first-order chi connectivity index (χ1) is 10.2. The molecule has 6 heteroatoms. The number of fused-ring (bicyclic) bond motifs is 1. The Morgan fingerprint density at radius 3 is 2.86 bits per heavy atom. The van der Waals surface area contributed by atoms with Gasteiger partial charge in [-0.2, -0.15) is 0 Å². The summed E-state index contributed by atoms with van der Waals surface area (Å²) in [7, 11) is 1.41. The summed E-state index contributed by atoms with van der Waals surface area (Å²) < 4.78 is 7.78. The Bertz CT molecular complexity index is 777. The number of imidazole rings is 1. The average Bonchev–Trinajstić information content (AvgIpc) is 3.06. The van der Waals surface area contributed by atoms with Gasteiger partial charge in [-0.3, -0.25) is 9.20 Å². The van der Waals surface area contributed by atoms with Crippen LogP contribution in [-0.2, 0) is 16.0 Å². The molecular formula is C15H13BrN2O2S. The molecule has 0 fully saturated rings. The van der Waals surface area contributed by atoms with Gasteiger partial charge in [-0.1, -0.05) is 28.1 Å². The van der Waals surface area contributed by atoms with Crippen LogP contribution >= 0.6 is 27.3 Å². The van der Waals surface area contributed by atoms with Gasteiger partial charge in [0.15, 0.2) is 4.96 Å². The Morgan fingerprint density at radius 1 is 1.38 bits per heavy atom. The smallest absolute Gasteiger partial charge is 0.305 e. The number of carbonyl (C=O) groups excluding carboxylic acids is 1. The van der Waals surface area contributed by atoms with Crippen LogP contribution in [0, 0.1) is 0 Å². The fraction of sp³-hybridized carbons (Fsp3) is 0.200. The minimum atomic E-state index is -0.192. The highest BCUT2D eigenvalue weighted by Gasteiger charge is 2.11. The molecule has 2 aromatic heterocycles. The number of hydrogen-bond acceptors (Lipinski definition) is 4. The van der Waals surface area contributed by atoms with Gasteiger partial charge < -0.3 is 4.74 Å². The van der Waals surface area contributed by atoms with Crippen LogP contribution in [0.1, 0.15) is 12.1 Å². The maximum absolute atomic E-state index is 11.3. The first-order valence-corrected chi connectivity index (χ1v) is 8.13. The Morgan fingerprint density at radius 2 is 2.14 bits per heavy atom. The van der Waals surface area contributed by atoms with Crippen LogP contribution in [0.4, 0.5) is 0 Å². The Hall–Kier alpha value is -1.66. The molecule has 0 unspecified atom stereocenters. The van der Waals surface area contributed by atoms with Crippen molar-refractivity contribution >= 4 is 38.2 Å². The highest BCUT2D eigenvalue weighted by atomic mass is 79.9. The van der Waals surface area contributed by atoms with Gasteiger partial charge in [0.2, 0.25) is 0 Å². The van der Waals surface area contributed by atoms with Crippen molar-refractivity contribution in [1.82, 2.24) is 9.38 Å². The van der Waals surface area contributed by atoms with Crippen LogP contribution in [0.3, 0.4) is 0 Å². The Kier molecular flexibility index (Phi) is 4.07. The van der Waals surface area contributed by atoms with Crippen LogP contribution in [0.2, 0.25) is 0 Å². The number of nitrogens with zero attached hydrogens (tertiary/aromatic N) is 2. The van der Waals surface area contributed by atoms with Gasteiger partial charge in [0.05, 0.1) is 19.2 Å². The van der Waals surface area contributed by atoms with Crippen LogP contribution in [0.15, 0.2) is 40.3 Å². The maximum Gasteiger partial charge on any atom is 0.305 e. The van der Waals surface area contributed by atoms with Crippen LogP contribution in [0.5, 0.6) is 0 Å². The number of benzene rings is 1. The molecule has 3 aromatic rings. The average molecular weight is 365 g/mol. The third-order valence-electron chi connectivity index (χ3n) is 3.24. The topological polar surface area (TPSA) is 43.6 Å². The minimum Gasteiger partial charge on any atom is -0.469 e. The second kappa shape index (κ2) is 5.99. The van der Waals surface area contributed by atoms with Gasteiger partial charge in [-0.05, 0) is 18.6 Å². The second-order valence-corrected chi connectivity index (χ2v) is 6.34. The van der Waals surface area contributed by atoms with Crippen molar-refractivity contribution in [2.24, 2.45) is 0 Å². The maximum atomic E-state index is 11.3. The highest BCUT2D eigenvalue weighted by Crippen LogP contribution is 2.25. The second-order valence-electron chi connectivity index (χ2n) is 4.59. The molecule has 0 aliphatic carbocycles. The monoisotopic (exact) mass is 364 g/mol. The molecule has 1 aromatic carbocycles. The van der Waals surface area contributed by atoms with Gasteiger partial charge >= 0.3 is 5.97 Å². The van der Waals surface area contributed by atoms with Crippen LogP contribution in [0.25, 0.3) is 16.2 Å². The number of methoxy groups -OCH3 is 1. The van der Waals surface area contributed by atoms with Crippen molar-refractivity contribution in [2.45, 2.75) is 12.8 Å². The number of thiazole rings is 1. The molecule has 0 atom stereocenters. The lowest BCUT2D eigenvalue weighted by Crippen LogP contribution is -2.02. The summed E-state index contributed by atoms with van der Waals surface area (Å²) in [6.07, 6.45) is 3.05.